The van der Waals surface area contributed by atoms with Crippen molar-refractivity contribution in [3.8, 4) is 0 Å². The van der Waals surface area contributed by atoms with E-state index in [2.05, 4.69) is 9.97 Å². The summed E-state index contributed by atoms with van der Waals surface area (Å²) in [6, 6.07) is 12.4. The lowest BCUT2D eigenvalue weighted by molar-refractivity contribution is -0.138. The largest absolute Gasteiger partial charge is 0.416 e. The molecule has 0 saturated heterocycles. The quantitative estimate of drug-likeness (QED) is 0.274. The molecular formula is C26H20F6N4O. The highest BCUT2D eigenvalue weighted by molar-refractivity contribution is 5.94. The van der Waals surface area contributed by atoms with E-state index < -0.39 is 29.4 Å². The molecule has 0 spiro atoms. The Morgan fingerprint density at radius 2 is 1.57 bits per heavy atom. The molecule has 0 aliphatic rings. The second kappa shape index (κ2) is 10.5. The van der Waals surface area contributed by atoms with Gasteiger partial charge in [-0.05, 0) is 47.5 Å². The fraction of sp³-hybridized carbons (Fsp3) is 0.192. The van der Waals surface area contributed by atoms with Gasteiger partial charge in [-0.3, -0.25) is 9.78 Å². The van der Waals surface area contributed by atoms with Crippen LogP contribution in [0.1, 0.15) is 38.4 Å². The first-order valence-electron chi connectivity index (χ1n) is 11.0. The number of pyridine rings is 1. The lowest BCUT2D eigenvalue weighted by Gasteiger charge is -2.23. The van der Waals surface area contributed by atoms with Gasteiger partial charge in [0, 0.05) is 43.4 Å². The van der Waals surface area contributed by atoms with Crippen molar-refractivity contribution in [3.05, 3.63) is 119 Å². The molecule has 0 bridgehead atoms. The van der Waals surface area contributed by atoms with Crippen LogP contribution in [0.3, 0.4) is 0 Å². The van der Waals surface area contributed by atoms with Crippen molar-refractivity contribution in [2.75, 3.05) is 0 Å². The maximum absolute atomic E-state index is 13.5. The Morgan fingerprint density at radius 1 is 0.838 bits per heavy atom. The minimum Gasteiger partial charge on any atom is -0.329 e. The molecule has 0 saturated carbocycles. The van der Waals surface area contributed by atoms with Gasteiger partial charge in [-0.2, -0.15) is 26.3 Å². The highest BCUT2D eigenvalue weighted by Crippen LogP contribution is 2.32. The number of alkyl halides is 6. The Bertz CT molecular complexity index is 1350. The zero-order valence-electron chi connectivity index (χ0n) is 19.2. The smallest absolute Gasteiger partial charge is 0.329 e. The summed E-state index contributed by atoms with van der Waals surface area (Å²) in [5, 5.41) is 0. The van der Waals surface area contributed by atoms with Gasteiger partial charge in [-0.1, -0.05) is 24.3 Å². The van der Waals surface area contributed by atoms with Gasteiger partial charge in [0.15, 0.2) is 0 Å². The highest BCUT2D eigenvalue weighted by atomic mass is 19.4. The molecule has 4 rings (SSSR count). The van der Waals surface area contributed by atoms with E-state index in [-0.39, 0.29) is 30.8 Å². The van der Waals surface area contributed by atoms with Gasteiger partial charge in [-0.15, -0.1) is 0 Å². The molecular weight excluding hydrogens is 498 g/mol. The molecule has 2 aromatic heterocycles. The zero-order valence-corrected chi connectivity index (χ0v) is 19.2. The summed E-state index contributed by atoms with van der Waals surface area (Å²) < 4.78 is 80.8. The van der Waals surface area contributed by atoms with Crippen molar-refractivity contribution in [2.24, 2.45) is 0 Å². The van der Waals surface area contributed by atoms with Crippen LogP contribution in [0.2, 0.25) is 0 Å². The fourth-order valence-electron chi connectivity index (χ4n) is 3.82. The van der Waals surface area contributed by atoms with Crippen LogP contribution in [-0.4, -0.2) is 25.3 Å². The summed E-state index contributed by atoms with van der Waals surface area (Å²) in [4.78, 5) is 22.9. The van der Waals surface area contributed by atoms with E-state index in [9.17, 15) is 31.1 Å². The first kappa shape index (κ1) is 25.9. The molecule has 11 heteroatoms. The van der Waals surface area contributed by atoms with Crippen molar-refractivity contribution in [1.29, 1.82) is 0 Å². The van der Waals surface area contributed by atoms with Crippen LogP contribution < -0.4 is 0 Å². The van der Waals surface area contributed by atoms with Crippen molar-refractivity contribution in [2.45, 2.75) is 32.0 Å². The second-order valence-electron chi connectivity index (χ2n) is 8.22. The molecule has 1 amide bonds. The van der Waals surface area contributed by atoms with Gasteiger partial charge < -0.3 is 9.47 Å². The molecule has 0 N–H and O–H groups in total. The van der Waals surface area contributed by atoms with Crippen LogP contribution in [0, 0.1) is 0 Å². The molecule has 192 valence electrons. The zero-order chi connectivity index (χ0) is 26.6. The van der Waals surface area contributed by atoms with Crippen molar-refractivity contribution in [3.63, 3.8) is 0 Å². The number of halogens is 6. The molecule has 0 atom stereocenters. The number of hydrogen-bond acceptors (Lipinski definition) is 3. The van der Waals surface area contributed by atoms with Crippen LogP contribution in [0.4, 0.5) is 26.3 Å². The van der Waals surface area contributed by atoms with E-state index >= 15 is 0 Å². The standard InChI is InChI=1S/C26H20F6N4O/c27-25(28,29)21-9-7-19(8-10-21)24(37)36(15-18-4-3-11-33-14-18)17-23-34-12-13-35(23)16-20-5-1-2-6-22(20)26(30,31)32/h1-14H,15-17H2. The summed E-state index contributed by atoms with van der Waals surface area (Å²) in [5.74, 6) is -0.260. The summed E-state index contributed by atoms with van der Waals surface area (Å²) in [6.07, 6.45) is -3.07. The normalized spacial score (nSPS) is 11.9. The summed E-state index contributed by atoms with van der Waals surface area (Å²) in [6.45, 7) is -0.185. The predicted molar refractivity (Wildman–Crippen MR) is 122 cm³/mol. The molecule has 2 heterocycles. The number of aromatic nitrogens is 3. The molecule has 4 aromatic rings. The van der Waals surface area contributed by atoms with Crippen LogP contribution in [0.15, 0.2) is 85.5 Å². The van der Waals surface area contributed by atoms with Gasteiger partial charge in [-0.25, -0.2) is 4.98 Å². The SMILES string of the molecule is O=C(c1ccc(C(F)(F)F)cc1)N(Cc1cccnc1)Cc1nccn1Cc1ccccc1C(F)(F)F. The molecule has 0 fully saturated rings. The monoisotopic (exact) mass is 518 g/mol. The third-order valence-electron chi connectivity index (χ3n) is 5.64. The summed E-state index contributed by atoms with van der Waals surface area (Å²) in [5.41, 5.74) is -0.952. The molecule has 0 radical (unpaired) electrons. The van der Waals surface area contributed by atoms with E-state index in [4.69, 9.17) is 0 Å². The number of imidazole rings is 1. The molecule has 37 heavy (non-hydrogen) atoms. The van der Waals surface area contributed by atoms with Gasteiger partial charge in [0.25, 0.3) is 5.91 Å². The van der Waals surface area contributed by atoms with E-state index in [0.29, 0.717) is 11.4 Å². The number of rotatable bonds is 7. The molecule has 0 aliphatic heterocycles. The predicted octanol–water partition coefficient (Wildman–Crippen LogP) is 6.21. The van der Waals surface area contributed by atoms with Gasteiger partial charge in [0.1, 0.15) is 5.82 Å². The molecule has 2 aromatic carbocycles. The van der Waals surface area contributed by atoms with Crippen molar-refractivity contribution in [1.82, 2.24) is 19.4 Å². The van der Waals surface area contributed by atoms with Crippen LogP contribution >= 0.6 is 0 Å². The Balaban J connectivity index is 1.63. The third-order valence-corrected chi connectivity index (χ3v) is 5.64. The Hall–Kier alpha value is -4.15. The van der Waals surface area contributed by atoms with Crippen molar-refractivity contribution < 1.29 is 31.1 Å². The summed E-state index contributed by atoms with van der Waals surface area (Å²) in [7, 11) is 0. The molecule has 5 nitrogen and oxygen atoms in total. The van der Waals surface area contributed by atoms with Crippen LogP contribution in [-0.2, 0) is 32.0 Å². The minimum atomic E-state index is -4.55. The lowest BCUT2D eigenvalue weighted by atomic mass is 10.1. The summed E-state index contributed by atoms with van der Waals surface area (Å²) >= 11 is 0. The number of carbonyl (C=O) groups is 1. The van der Waals surface area contributed by atoms with E-state index in [1.807, 2.05) is 0 Å². The van der Waals surface area contributed by atoms with Crippen molar-refractivity contribution >= 4 is 5.91 Å². The molecule has 0 aliphatic carbocycles. The number of benzene rings is 2. The van der Waals surface area contributed by atoms with Gasteiger partial charge in [0.05, 0.1) is 17.7 Å². The first-order chi connectivity index (χ1) is 17.5. The Labute approximate surface area is 208 Å². The van der Waals surface area contributed by atoms with Crippen LogP contribution in [0.25, 0.3) is 0 Å². The van der Waals surface area contributed by atoms with E-state index in [0.717, 1.165) is 30.3 Å². The Kier molecular flexibility index (Phi) is 7.33. The minimum absolute atomic E-state index is 0.0254. The maximum Gasteiger partial charge on any atom is 0.416 e. The van der Waals surface area contributed by atoms with Crippen LogP contribution in [0.5, 0.6) is 0 Å². The third kappa shape index (κ3) is 6.35. The van der Waals surface area contributed by atoms with E-state index in [1.54, 1.807) is 24.5 Å². The fourth-order valence-corrected chi connectivity index (χ4v) is 3.82. The number of nitrogens with zero attached hydrogens (tertiary/aromatic N) is 4. The highest BCUT2D eigenvalue weighted by Gasteiger charge is 2.33. The number of amides is 1. The lowest BCUT2D eigenvalue weighted by Crippen LogP contribution is -2.31. The molecule has 0 unspecified atom stereocenters. The second-order valence-corrected chi connectivity index (χ2v) is 8.22. The number of carbonyl (C=O) groups excluding carboxylic acids is 1. The van der Waals surface area contributed by atoms with Gasteiger partial charge >= 0.3 is 12.4 Å². The maximum atomic E-state index is 13.5. The Morgan fingerprint density at radius 3 is 2.22 bits per heavy atom. The average molecular weight is 518 g/mol. The topological polar surface area (TPSA) is 51.0 Å². The van der Waals surface area contributed by atoms with Gasteiger partial charge in [0.2, 0.25) is 0 Å². The van der Waals surface area contributed by atoms with E-state index in [1.165, 1.54) is 40.1 Å². The average Bonchev–Trinajstić information content (AvgIpc) is 3.29. The first-order valence-corrected chi connectivity index (χ1v) is 11.0. The number of hydrogen-bond donors (Lipinski definition) is 0.